The predicted octanol–water partition coefficient (Wildman–Crippen LogP) is 2.31. The molecule has 2 N–H and O–H groups in total. The predicted molar refractivity (Wildman–Crippen MR) is 98.1 cm³/mol. The molecule has 0 aliphatic carbocycles. The Kier molecular flexibility index (Phi) is 7.39. The fourth-order valence-electron chi connectivity index (χ4n) is 2.60. The van der Waals surface area contributed by atoms with Gasteiger partial charge in [-0.25, -0.2) is 0 Å². The molecule has 1 aliphatic heterocycles. The molecular formula is C17H27N3O2S. The van der Waals surface area contributed by atoms with Crippen LogP contribution in [0.4, 0.5) is 0 Å². The average molecular weight is 337 g/mol. The Morgan fingerprint density at radius 3 is 2.74 bits per heavy atom. The van der Waals surface area contributed by atoms with E-state index < -0.39 is 0 Å². The van der Waals surface area contributed by atoms with Crippen molar-refractivity contribution in [2.45, 2.75) is 24.5 Å². The Morgan fingerprint density at radius 2 is 2.09 bits per heavy atom. The molecule has 6 heteroatoms. The number of hydrogen-bond donors (Lipinski definition) is 2. The molecule has 1 unspecified atom stereocenters. The molecule has 1 aromatic rings. The van der Waals surface area contributed by atoms with E-state index >= 15 is 0 Å². The molecule has 0 spiro atoms. The highest BCUT2D eigenvalue weighted by atomic mass is 32.2. The van der Waals surface area contributed by atoms with E-state index in [4.69, 9.17) is 9.47 Å². The summed E-state index contributed by atoms with van der Waals surface area (Å²) in [5.41, 5.74) is 1.21. The van der Waals surface area contributed by atoms with Crippen molar-refractivity contribution in [2.75, 3.05) is 40.1 Å². The highest BCUT2D eigenvalue weighted by molar-refractivity contribution is 8.00. The first kappa shape index (κ1) is 17.8. The fourth-order valence-corrected chi connectivity index (χ4v) is 3.80. The van der Waals surface area contributed by atoms with Crippen molar-refractivity contribution < 1.29 is 9.47 Å². The van der Waals surface area contributed by atoms with Crippen molar-refractivity contribution in [1.29, 1.82) is 0 Å². The first-order valence-electron chi connectivity index (χ1n) is 8.04. The molecule has 5 nitrogen and oxygen atoms in total. The van der Waals surface area contributed by atoms with Crippen LogP contribution in [0.3, 0.4) is 0 Å². The summed E-state index contributed by atoms with van der Waals surface area (Å²) in [7, 11) is 5.12. The van der Waals surface area contributed by atoms with Gasteiger partial charge in [-0.05, 0) is 42.7 Å². The van der Waals surface area contributed by atoms with E-state index in [-0.39, 0.29) is 0 Å². The number of ether oxygens (including phenoxy) is 2. The maximum atomic E-state index is 5.34. The van der Waals surface area contributed by atoms with E-state index in [1.54, 1.807) is 14.2 Å². The van der Waals surface area contributed by atoms with Gasteiger partial charge in [0.25, 0.3) is 0 Å². The Labute approximate surface area is 143 Å². The van der Waals surface area contributed by atoms with Crippen LogP contribution in [0.1, 0.15) is 18.4 Å². The molecule has 0 saturated carbocycles. The summed E-state index contributed by atoms with van der Waals surface area (Å²) in [6.45, 7) is 1.81. The highest BCUT2D eigenvalue weighted by Gasteiger charge is 2.15. The van der Waals surface area contributed by atoms with Crippen LogP contribution in [0.2, 0.25) is 0 Å². The van der Waals surface area contributed by atoms with Crippen LogP contribution in [0, 0.1) is 0 Å². The van der Waals surface area contributed by atoms with Gasteiger partial charge in [0.05, 0.1) is 14.2 Å². The molecule has 1 fully saturated rings. The number of hydrogen-bond acceptors (Lipinski definition) is 4. The van der Waals surface area contributed by atoms with Gasteiger partial charge in [-0.3, -0.25) is 4.99 Å². The molecule has 1 aliphatic rings. The van der Waals surface area contributed by atoms with E-state index in [1.165, 1.54) is 24.2 Å². The zero-order valence-corrected chi connectivity index (χ0v) is 15.0. The minimum absolute atomic E-state index is 0.722. The number of rotatable bonds is 7. The summed E-state index contributed by atoms with van der Waals surface area (Å²) in [6.07, 6.45) is 3.54. The Bertz CT molecular complexity index is 517. The van der Waals surface area contributed by atoms with E-state index in [2.05, 4.69) is 33.5 Å². The summed E-state index contributed by atoms with van der Waals surface area (Å²) in [5, 5.41) is 7.50. The molecule has 0 amide bonds. The minimum Gasteiger partial charge on any atom is -0.493 e. The normalized spacial score (nSPS) is 17.9. The van der Waals surface area contributed by atoms with Crippen molar-refractivity contribution in [2.24, 2.45) is 4.99 Å². The lowest BCUT2D eigenvalue weighted by Crippen LogP contribution is -2.40. The standard InChI is InChI=1S/C17H27N3O2S/c1-18-17(20-12-14-5-4-10-23-14)19-9-8-13-6-7-15(21-2)16(11-13)22-3/h6-7,11,14H,4-5,8-10,12H2,1-3H3,(H2,18,19,20). The topological polar surface area (TPSA) is 54.9 Å². The fraction of sp³-hybridized carbons (Fsp3) is 0.588. The SMILES string of the molecule is CN=C(NCCc1ccc(OC)c(OC)c1)NCC1CCCS1. The highest BCUT2D eigenvalue weighted by Crippen LogP contribution is 2.27. The molecule has 0 aromatic heterocycles. The lowest BCUT2D eigenvalue weighted by Gasteiger charge is -2.15. The van der Waals surface area contributed by atoms with Crippen molar-refractivity contribution in [1.82, 2.24) is 10.6 Å². The summed E-state index contributed by atoms with van der Waals surface area (Å²) in [6, 6.07) is 6.03. The third-order valence-corrected chi connectivity index (χ3v) is 5.30. The lowest BCUT2D eigenvalue weighted by atomic mass is 10.1. The second kappa shape index (κ2) is 9.55. The number of nitrogens with zero attached hydrogens (tertiary/aromatic N) is 1. The molecular weight excluding hydrogens is 310 g/mol. The van der Waals surface area contributed by atoms with Crippen molar-refractivity contribution in [3.63, 3.8) is 0 Å². The molecule has 0 bridgehead atoms. The van der Waals surface area contributed by atoms with Crippen molar-refractivity contribution in [3.8, 4) is 11.5 Å². The zero-order valence-electron chi connectivity index (χ0n) is 14.2. The second-order valence-corrected chi connectivity index (χ2v) is 6.86. The largest absolute Gasteiger partial charge is 0.493 e. The number of guanidine groups is 1. The van der Waals surface area contributed by atoms with Crippen LogP contribution in [0.15, 0.2) is 23.2 Å². The quantitative estimate of drug-likeness (QED) is 0.591. The molecule has 2 rings (SSSR count). The lowest BCUT2D eigenvalue weighted by molar-refractivity contribution is 0.354. The van der Waals surface area contributed by atoms with Crippen LogP contribution in [-0.2, 0) is 6.42 Å². The Balaban J connectivity index is 1.76. The van der Waals surface area contributed by atoms with Crippen molar-refractivity contribution >= 4 is 17.7 Å². The molecule has 1 aromatic carbocycles. The van der Waals surface area contributed by atoms with E-state index in [0.29, 0.717) is 0 Å². The van der Waals surface area contributed by atoms with Gasteiger partial charge in [0, 0.05) is 25.4 Å². The van der Waals surface area contributed by atoms with Gasteiger partial charge in [0.15, 0.2) is 17.5 Å². The smallest absolute Gasteiger partial charge is 0.191 e. The summed E-state index contributed by atoms with van der Waals surface area (Å²) < 4.78 is 10.6. The molecule has 1 heterocycles. The van der Waals surface area contributed by atoms with Crippen LogP contribution < -0.4 is 20.1 Å². The molecule has 23 heavy (non-hydrogen) atoms. The number of thioether (sulfide) groups is 1. The van der Waals surface area contributed by atoms with E-state index in [0.717, 1.165) is 42.2 Å². The van der Waals surface area contributed by atoms with Crippen LogP contribution in [-0.4, -0.2) is 51.3 Å². The van der Waals surface area contributed by atoms with Crippen molar-refractivity contribution in [3.05, 3.63) is 23.8 Å². The number of nitrogens with one attached hydrogen (secondary N) is 2. The monoisotopic (exact) mass is 337 g/mol. The van der Waals surface area contributed by atoms with Gasteiger partial charge in [-0.1, -0.05) is 6.07 Å². The van der Waals surface area contributed by atoms with Gasteiger partial charge >= 0.3 is 0 Å². The van der Waals surface area contributed by atoms with E-state index in [1.807, 2.05) is 19.2 Å². The Morgan fingerprint density at radius 1 is 1.26 bits per heavy atom. The summed E-state index contributed by atoms with van der Waals surface area (Å²) >= 11 is 2.05. The third-order valence-electron chi connectivity index (χ3n) is 3.90. The zero-order chi connectivity index (χ0) is 16.5. The third kappa shape index (κ3) is 5.53. The number of benzene rings is 1. The minimum atomic E-state index is 0.722. The Hall–Kier alpha value is -1.56. The number of aliphatic imine (C=N–C) groups is 1. The van der Waals surface area contributed by atoms with Gasteiger partial charge in [0.2, 0.25) is 0 Å². The molecule has 1 atom stereocenters. The van der Waals surface area contributed by atoms with Crippen LogP contribution >= 0.6 is 11.8 Å². The van der Waals surface area contributed by atoms with Crippen LogP contribution in [0.25, 0.3) is 0 Å². The summed E-state index contributed by atoms with van der Waals surface area (Å²) in [5.74, 6) is 3.69. The molecule has 1 saturated heterocycles. The van der Waals surface area contributed by atoms with Crippen LogP contribution in [0.5, 0.6) is 11.5 Å². The maximum Gasteiger partial charge on any atom is 0.191 e. The first-order valence-corrected chi connectivity index (χ1v) is 9.08. The second-order valence-electron chi connectivity index (χ2n) is 5.45. The molecule has 0 radical (unpaired) electrons. The molecule has 128 valence electrons. The van der Waals surface area contributed by atoms with Gasteiger partial charge < -0.3 is 20.1 Å². The number of methoxy groups -OCH3 is 2. The van der Waals surface area contributed by atoms with E-state index in [9.17, 15) is 0 Å². The summed E-state index contributed by atoms with van der Waals surface area (Å²) in [4.78, 5) is 4.28. The maximum absolute atomic E-state index is 5.34. The first-order chi connectivity index (χ1) is 11.3. The average Bonchev–Trinajstić information content (AvgIpc) is 3.11. The van der Waals surface area contributed by atoms with Gasteiger partial charge in [-0.15, -0.1) is 0 Å². The van der Waals surface area contributed by atoms with Gasteiger partial charge in [-0.2, -0.15) is 11.8 Å². The van der Waals surface area contributed by atoms with Gasteiger partial charge in [0.1, 0.15) is 0 Å².